The highest BCUT2D eigenvalue weighted by molar-refractivity contribution is 5.97. The molecular formula is C14H19F2N3O. The van der Waals surface area contributed by atoms with Crippen LogP contribution in [0, 0.1) is 17.6 Å². The minimum absolute atomic E-state index is 0.0179. The molecule has 110 valence electrons. The summed E-state index contributed by atoms with van der Waals surface area (Å²) in [6.07, 6.45) is 1.85. The maximum atomic E-state index is 14.2. The average Bonchev–Trinajstić information content (AvgIpc) is 2.86. The van der Waals surface area contributed by atoms with Crippen LogP contribution in [-0.4, -0.2) is 23.6 Å². The number of nitrogens with zero attached hydrogens (tertiary/aromatic N) is 2. The third-order valence-electron chi connectivity index (χ3n) is 3.78. The summed E-state index contributed by atoms with van der Waals surface area (Å²) in [6.45, 7) is 4.73. The first-order chi connectivity index (χ1) is 9.45. The number of hydrogen-bond donors (Lipinski definition) is 2. The van der Waals surface area contributed by atoms with Crippen LogP contribution in [0.25, 0.3) is 0 Å². The van der Waals surface area contributed by atoms with Crippen LogP contribution >= 0.6 is 0 Å². The third-order valence-corrected chi connectivity index (χ3v) is 3.78. The normalized spacial score (nSPS) is 19.9. The highest BCUT2D eigenvalue weighted by Crippen LogP contribution is 2.34. The highest BCUT2D eigenvalue weighted by atomic mass is 19.1. The fourth-order valence-corrected chi connectivity index (χ4v) is 2.81. The number of halogens is 2. The van der Waals surface area contributed by atoms with E-state index in [0.29, 0.717) is 12.5 Å². The second-order valence-electron chi connectivity index (χ2n) is 5.42. The molecule has 0 amide bonds. The number of hydrogen-bond acceptors (Lipinski definition) is 3. The summed E-state index contributed by atoms with van der Waals surface area (Å²) in [6, 6.07) is 2.33. The third kappa shape index (κ3) is 2.55. The Morgan fingerprint density at radius 2 is 2.00 bits per heavy atom. The number of nitrogens with two attached hydrogens (primary N) is 1. The van der Waals surface area contributed by atoms with E-state index in [-0.39, 0.29) is 23.1 Å². The molecule has 1 heterocycles. The second kappa shape index (κ2) is 5.64. The first-order valence-corrected chi connectivity index (χ1v) is 6.69. The molecule has 1 aliphatic heterocycles. The molecule has 0 saturated carbocycles. The van der Waals surface area contributed by atoms with E-state index in [9.17, 15) is 8.78 Å². The lowest BCUT2D eigenvalue weighted by molar-refractivity contribution is 0.318. The molecule has 1 aliphatic rings. The lowest BCUT2D eigenvalue weighted by atomic mass is 10.0. The smallest absolute Gasteiger partial charge is 0.170 e. The fourth-order valence-electron chi connectivity index (χ4n) is 2.81. The van der Waals surface area contributed by atoms with Crippen LogP contribution in [-0.2, 0) is 0 Å². The number of amidine groups is 1. The Balaban J connectivity index is 2.43. The summed E-state index contributed by atoms with van der Waals surface area (Å²) < 4.78 is 28.4. The van der Waals surface area contributed by atoms with Gasteiger partial charge in [0, 0.05) is 18.2 Å². The molecule has 2 rings (SSSR count). The van der Waals surface area contributed by atoms with Crippen molar-refractivity contribution in [3.05, 3.63) is 29.3 Å². The van der Waals surface area contributed by atoms with Crippen LogP contribution in [0.5, 0.6) is 0 Å². The van der Waals surface area contributed by atoms with Crippen LogP contribution in [0.1, 0.15) is 32.3 Å². The molecule has 1 unspecified atom stereocenters. The van der Waals surface area contributed by atoms with E-state index in [4.69, 9.17) is 10.9 Å². The Labute approximate surface area is 116 Å². The quantitative estimate of drug-likeness (QED) is 0.388. The molecule has 6 heteroatoms. The van der Waals surface area contributed by atoms with Gasteiger partial charge in [-0.2, -0.15) is 0 Å². The van der Waals surface area contributed by atoms with Crippen LogP contribution in [0.3, 0.4) is 0 Å². The first-order valence-electron chi connectivity index (χ1n) is 6.69. The molecule has 1 fully saturated rings. The van der Waals surface area contributed by atoms with E-state index in [1.807, 2.05) is 13.8 Å². The zero-order valence-corrected chi connectivity index (χ0v) is 11.6. The van der Waals surface area contributed by atoms with Gasteiger partial charge in [-0.3, -0.25) is 0 Å². The van der Waals surface area contributed by atoms with Crippen LogP contribution in [0.15, 0.2) is 17.3 Å². The summed E-state index contributed by atoms with van der Waals surface area (Å²) in [5.74, 6) is -1.35. The molecule has 1 atom stereocenters. The van der Waals surface area contributed by atoms with Crippen molar-refractivity contribution in [3.8, 4) is 0 Å². The van der Waals surface area contributed by atoms with E-state index in [1.165, 1.54) is 0 Å². The van der Waals surface area contributed by atoms with Gasteiger partial charge in [-0.25, -0.2) is 8.78 Å². The predicted molar refractivity (Wildman–Crippen MR) is 74.1 cm³/mol. The average molecular weight is 283 g/mol. The summed E-state index contributed by atoms with van der Waals surface area (Å²) in [4.78, 5) is 1.78. The Morgan fingerprint density at radius 1 is 1.40 bits per heavy atom. The predicted octanol–water partition coefficient (Wildman–Crippen LogP) is 2.68. The van der Waals surface area contributed by atoms with Gasteiger partial charge in [0.05, 0.1) is 0 Å². The van der Waals surface area contributed by atoms with Crippen molar-refractivity contribution >= 4 is 11.5 Å². The maximum absolute atomic E-state index is 14.2. The summed E-state index contributed by atoms with van der Waals surface area (Å²) in [5, 5.41) is 11.3. The number of anilines is 1. The highest BCUT2D eigenvalue weighted by Gasteiger charge is 2.31. The monoisotopic (exact) mass is 283 g/mol. The SMILES string of the molecule is CC(C)C1CCCN1c1c(F)cc(C(N)=NO)cc1F. The van der Waals surface area contributed by atoms with Gasteiger partial charge < -0.3 is 15.8 Å². The van der Waals surface area contributed by atoms with Crippen molar-refractivity contribution in [2.24, 2.45) is 16.8 Å². The van der Waals surface area contributed by atoms with E-state index in [0.717, 1.165) is 25.0 Å². The molecule has 1 saturated heterocycles. The molecule has 1 aromatic rings. The summed E-state index contributed by atoms with van der Waals surface area (Å²) >= 11 is 0. The zero-order chi connectivity index (χ0) is 14.9. The molecule has 0 spiro atoms. The Kier molecular flexibility index (Phi) is 4.11. The molecule has 0 aromatic heterocycles. The van der Waals surface area contributed by atoms with E-state index in [2.05, 4.69) is 5.16 Å². The summed E-state index contributed by atoms with van der Waals surface area (Å²) in [7, 11) is 0. The first kappa shape index (κ1) is 14.6. The number of oxime groups is 1. The van der Waals surface area contributed by atoms with Crippen LogP contribution in [0.4, 0.5) is 14.5 Å². The lowest BCUT2D eigenvalue weighted by Crippen LogP contribution is -2.34. The van der Waals surface area contributed by atoms with Gasteiger partial charge in [0.1, 0.15) is 17.3 Å². The number of rotatable bonds is 3. The van der Waals surface area contributed by atoms with Gasteiger partial charge in [-0.15, -0.1) is 0 Å². The topological polar surface area (TPSA) is 61.8 Å². The Morgan fingerprint density at radius 3 is 2.50 bits per heavy atom. The van der Waals surface area contributed by atoms with Gasteiger partial charge in [-0.1, -0.05) is 19.0 Å². The minimum Gasteiger partial charge on any atom is -0.409 e. The molecule has 20 heavy (non-hydrogen) atoms. The molecule has 4 nitrogen and oxygen atoms in total. The van der Waals surface area contributed by atoms with Gasteiger partial charge in [0.25, 0.3) is 0 Å². The lowest BCUT2D eigenvalue weighted by Gasteiger charge is -2.30. The standard InChI is InChI=1S/C14H19F2N3O/c1-8(2)12-4-3-5-19(12)13-10(15)6-9(7-11(13)16)14(17)18-20/h6-8,12,20H,3-5H2,1-2H3,(H2,17,18). The Bertz CT molecular complexity index is 508. The van der Waals surface area contributed by atoms with Crippen LogP contribution < -0.4 is 10.6 Å². The summed E-state index contributed by atoms with van der Waals surface area (Å²) in [5.41, 5.74) is 5.38. The number of benzene rings is 1. The van der Waals surface area contributed by atoms with Crippen molar-refractivity contribution in [1.82, 2.24) is 0 Å². The van der Waals surface area contributed by atoms with E-state index < -0.39 is 11.6 Å². The van der Waals surface area contributed by atoms with Gasteiger partial charge in [0.2, 0.25) is 0 Å². The molecule has 0 aliphatic carbocycles. The van der Waals surface area contributed by atoms with Gasteiger partial charge in [-0.05, 0) is 30.9 Å². The largest absolute Gasteiger partial charge is 0.409 e. The van der Waals surface area contributed by atoms with E-state index >= 15 is 0 Å². The van der Waals surface area contributed by atoms with Gasteiger partial charge >= 0.3 is 0 Å². The molecule has 3 N–H and O–H groups in total. The van der Waals surface area contributed by atoms with Crippen molar-refractivity contribution in [2.75, 3.05) is 11.4 Å². The fraction of sp³-hybridized carbons (Fsp3) is 0.500. The van der Waals surface area contributed by atoms with Crippen molar-refractivity contribution < 1.29 is 14.0 Å². The zero-order valence-electron chi connectivity index (χ0n) is 11.6. The van der Waals surface area contributed by atoms with E-state index in [1.54, 1.807) is 4.90 Å². The second-order valence-corrected chi connectivity index (χ2v) is 5.42. The molecule has 0 bridgehead atoms. The molecular weight excluding hydrogens is 264 g/mol. The Hall–Kier alpha value is -1.85. The van der Waals surface area contributed by atoms with Crippen LogP contribution in [0.2, 0.25) is 0 Å². The maximum Gasteiger partial charge on any atom is 0.170 e. The van der Waals surface area contributed by atoms with Gasteiger partial charge in [0.15, 0.2) is 5.84 Å². The van der Waals surface area contributed by atoms with Crippen molar-refractivity contribution in [2.45, 2.75) is 32.7 Å². The molecule has 1 aromatic carbocycles. The molecule has 0 radical (unpaired) electrons. The van der Waals surface area contributed by atoms with Crippen molar-refractivity contribution in [3.63, 3.8) is 0 Å². The van der Waals surface area contributed by atoms with Crippen molar-refractivity contribution in [1.29, 1.82) is 0 Å². The minimum atomic E-state index is -0.681.